The lowest BCUT2D eigenvalue weighted by molar-refractivity contribution is 0.0868. The van der Waals surface area contributed by atoms with Crippen LogP contribution < -0.4 is 0 Å². The molecule has 0 unspecified atom stereocenters. The van der Waals surface area contributed by atoms with Crippen molar-refractivity contribution >= 4 is 33.4 Å². The largest absolute Gasteiger partial charge is 0.445 e. The van der Waals surface area contributed by atoms with Crippen LogP contribution in [0.4, 0.5) is 4.79 Å². The number of carbonyl (C=O) groups excluding carboxylic acids is 1. The first-order valence-corrected chi connectivity index (χ1v) is 12.7. The molecule has 168 valence electrons. The minimum Gasteiger partial charge on any atom is -0.445 e. The zero-order valence-corrected chi connectivity index (χ0v) is 20.4. The number of aromatic nitrogens is 2. The molecule has 33 heavy (non-hydrogen) atoms. The highest BCUT2D eigenvalue weighted by Gasteiger charge is 2.27. The molecule has 5 nitrogen and oxygen atoms in total. The van der Waals surface area contributed by atoms with Gasteiger partial charge in [0.2, 0.25) is 0 Å². The molecule has 0 spiro atoms. The molecule has 3 aromatic heterocycles. The van der Waals surface area contributed by atoms with E-state index in [1.54, 1.807) is 11.3 Å². The van der Waals surface area contributed by atoms with E-state index < -0.39 is 0 Å². The molecule has 1 aliphatic rings. The summed E-state index contributed by atoms with van der Waals surface area (Å²) < 4.78 is 6.34. The number of likely N-dealkylation sites (tertiary alicyclic amines) is 1. The van der Waals surface area contributed by atoms with Crippen molar-refractivity contribution in [1.29, 1.82) is 0 Å². The van der Waals surface area contributed by atoms with Crippen LogP contribution in [-0.4, -0.2) is 34.1 Å². The van der Waals surface area contributed by atoms with Crippen LogP contribution in [0.2, 0.25) is 0 Å². The zero-order chi connectivity index (χ0) is 22.6. The predicted molar refractivity (Wildman–Crippen MR) is 135 cm³/mol. The molecule has 1 aliphatic heterocycles. The van der Waals surface area contributed by atoms with E-state index in [0.717, 1.165) is 34.3 Å². The van der Waals surface area contributed by atoms with Gasteiger partial charge in [0.1, 0.15) is 11.2 Å². The van der Waals surface area contributed by atoms with Crippen molar-refractivity contribution in [3.63, 3.8) is 0 Å². The van der Waals surface area contributed by atoms with Crippen LogP contribution in [0, 0.1) is 0 Å². The second-order valence-corrected chi connectivity index (χ2v) is 9.92. The fourth-order valence-corrected chi connectivity index (χ4v) is 5.40. The molecule has 7 heteroatoms. The highest BCUT2D eigenvalue weighted by molar-refractivity contribution is 9.10. The molecule has 5 rings (SSSR count). The summed E-state index contributed by atoms with van der Waals surface area (Å²) in [5.41, 5.74) is 5.68. The number of benzene rings is 1. The maximum absolute atomic E-state index is 12.5. The average Bonchev–Trinajstić information content (AvgIpc) is 3.54. The van der Waals surface area contributed by atoms with E-state index in [-0.39, 0.29) is 6.09 Å². The number of ether oxygens (including phenoxy) is 1. The second kappa shape index (κ2) is 9.93. The molecule has 4 aromatic rings. The van der Waals surface area contributed by atoms with Gasteiger partial charge >= 0.3 is 6.09 Å². The van der Waals surface area contributed by atoms with Crippen LogP contribution in [0.5, 0.6) is 0 Å². The number of nitrogens with one attached hydrogen (secondary N) is 1. The van der Waals surface area contributed by atoms with Crippen molar-refractivity contribution in [2.75, 3.05) is 13.1 Å². The Bertz CT molecular complexity index is 1220. The van der Waals surface area contributed by atoms with Gasteiger partial charge in [-0.3, -0.25) is 0 Å². The summed E-state index contributed by atoms with van der Waals surface area (Å²) in [7, 11) is 0. The van der Waals surface area contributed by atoms with Gasteiger partial charge in [-0.05, 0) is 69.5 Å². The van der Waals surface area contributed by atoms with Gasteiger partial charge in [-0.2, -0.15) is 0 Å². The number of piperidine rings is 1. The number of nitrogens with zero attached hydrogens (tertiary/aromatic N) is 2. The smallest absolute Gasteiger partial charge is 0.410 e. The number of carbonyl (C=O) groups is 1. The molecule has 1 amide bonds. The van der Waals surface area contributed by atoms with Crippen LogP contribution in [-0.2, 0) is 11.3 Å². The van der Waals surface area contributed by atoms with Crippen LogP contribution in [0.1, 0.15) is 30.0 Å². The average molecular weight is 522 g/mol. The van der Waals surface area contributed by atoms with Gasteiger partial charge in [-0.25, -0.2) is 9.78 Å². The Kier molecular flexibility index (Phi) is 6.60. The molecule has 1 N–H and O–H groups in total. The van der Waals surface area contributed by atoms with E-state index in [1.165, 1.54) is 16.1 Å². The number of pyridine rings is 1. The van der Waals surface area contributed by atoms with E-state index in [9.17, 15) is 4.79 Å². The number of amides is 1. The first kappa shape index (κ1) is 21.9. The van der Waals surface area contributed by atoms with Crippen LogP contribution >= 0.6 is 27.3 Å². The molecule has 1 fully saturated rings. The number of thiophene rings is 1. The van der Waals surface area contributed by atoms with Crippen molar-refractivity contribution in [2.45, 2.75) is 25.4 Å². The van der Waals surface area contributed by atoms with Crippen molar-refractivity contribution in [3.8, 4) is 21.7 Å². The molecular weight excluding hydrogens is 498 g/mol. The number of H-pyrrole nitrogens is 1. The fraction of sp³-hybridized carbons (Fsp3) is 0.231. The van der Waals surface area contributed by atoms with Gasteiger partial charge in [0.05, 0.1) is 10.6 Å². The molecule has 1 aromatic carbocycles. The number of rotatable bonds is 5. The fourth-order valence-electron chi connectivity index (χ4n) is 4.29. The molecule has 0 atom stereocenters. The van der Waals surface area contributed by atoms with Crippen LogP contribution in [0.3, 0.4) is 0 Å². The van der Waals surface area contributed by atoms with E-state index >= 15 is 0 Å². The molecule has 0 saturated carbocycles. The second-order valence-electron chi connectivity index (χ2n) is 8.16. The third kappa shape index (κ3) is 5.04. The SMILES string of the molecule is O=C(OCc1ccccc1)N1CCC(c2cc(-c3ccnc(Br)c3)c(-c3cccs3)[nH]2)CC1. The van der Waals surface area contributed by atoms with Crippen molar-refractivity contribution in [1.82, 2.24) is 14.9 Å². The van der Waals surface area contributed by atoms with Gasteiger partial charge in [0.15, 0.2) is 0 Å². The first-order chi connectivity index (χ1) is 16.2. The summed E-state index contributed by atoms with van der Waals surface area (Å²) in [6.07, 6.45) is 3.41. The van der Waals surface area contributed by atoms with E-state index in [0.29, 0.717) is 25.6 Å². The van der Waals surface area contributed by atoms with Gasteiger partial charge in [0.25, 0.3) is 0 Å². The normalized spacial score (nSPS) is 14.4. The monoisotopic (exact) mass is 521 g/mol. The lowest BCUT2D eigenvalue weighted by Crippen LogP contribution is -2.38. The van der Waals surface area contributed by atoms with Crippen molar-refractivity contribution < 1.29 is 9.53 Å². The summed E-state index contributed by atoms with van der Waals surface area (Å²) >= 11 is 5.22. The number of aromatic amines is 1. The lowest BCUT2D eigenvalue weighted by Gasteiger charge is -2.31. The summed E-state index contributed by atoms with van der Waals surface area (Å²) in [5.74, 6) is 0.376. The highest BCUT2D eigenvalue weighted by atomic mass is 79.9. The minimum atomic E-state index is -0.231. The summed E-state index contributed by atoms with van der Waals surface area (Å²) in [6.45, 7) is 1.70. The highest BCUT2D eigenvalue weighted by Crippen LogP contribution is 2.39. The van der Waals surface area contributed by atoms with E-state index in [4.69, 9.17) is 4.74 Å². The standard InChI is InChI=1S/C26H24BrN3O2S/c27-24-15-20(8-11-28-24)21-16-22(29-25(21)23-7-4-14-33-23)19-9-12-30(13-10-19)26(31)32-17-18-5-2-1-3-6-18/h1-8,11,14-16,19,29H,9-10,12-13,17H2. The Balaban J connectivity index is 1.29. The number of halogens is 1. The molecular formula is C26H24BrN3O2S. The van der Waals surface area contributed by atoms with Gasteiger partial charge in [-0.1, -0.05) is 36.4 Å². The van der Waals surface area contributed by atoms with Gasteiger partial charge in [-0.15, -0.1) is 11.3 Å². The first-order valence-electron chi connectivity index (χ1n) is 11.0. The quantitative estimate of drug-likeness (QED) is 0.285. The van der Waals surface area contributed by atoms with Gasteiger partial charge < -0.3 is 14.6 Å². The summed E-state index contributed by atoms with van der Waals surface area (Å²) in [4.78, 5) is 23.5. The lowest BCUT2D eigenvalue weighted by atomic mass is 9.93. The maximum atomic E-state index is 12.5. The Morgan fingerprint density at radius 1 is 1.12 bits per heavy atom. The number of hydrogen-bond acceptors (Lipinski definition) is 4. The zero-order valence-electron chi connectivity index (χ0n) is 18.0. The molecule has 0 aliphatic carbocycles. The molecule has 1 saturated heterocycles. The van der Waals surface area contributed by atoms with Gasteiger partial charge in [0, 0.05) is 36.5 Å². The topological polar surface area (TPSA) is 58.2 Å². The number of hydrogen-bond donors (Lipinski definition) is 1. The van der Waals surface area contributed by atoms with Crippen LogP contribution in [0.25, 0.3) is 21.7 Å². The predicted octanol–water partition coefficient (Wildman–Crippen LogP) is 7.08. The minimum absolute atomic E-state index is 0.231. The van der Waals surface area contributed by atoms with Crippen LogP contribution in [0.15, 0.2) is 76.8 Å². The Morgan fingerprint density at radius 3 is 2.67 bits per heavy atom. The maximum Gasteiger partial charge on any atom is 0.410 e. The Hall–Kier alpha value is -2.90. The van der Waals surface area contributed by atoms with E-state index in [2.05, 4.69) is 55.5 Å². The summed E-state index contributed by atoms with van der Waals surface area (Å²) in [6, 6.07) is 20.4. The third-order valence-corrected chi connectivity index (χ3v) is 7.36. The Morgan fingerprint density at radius 2 is 1.94 bits per heavy atom. The van der Waals surface area contributed by atoms with E-state index in [1.807, 2.05) is 47.5 Å². The summed E-state index contributed by atoms with van der Waals surface area (Å²) in [5, 5.41) is 2.10. The molecule has 0 bridgehead atoms. The van der Waals surface area contributed by atoms with Crippen molar-refractivity contribution in [3.05, 3.63) is 88.1 Å². The molecule has 0 radical (unpaired) electrons. The van der Waals surface area contributed by atoms with Crippen molar-refractivity contribution in [2.24, 2.45) is 0 Å². The molecule has 4 heterocycles. The Labute approximate surface area is 205 Å². The third-order valence-electron chi connectivity index (χ3n) is 6.04.